The number of aliphatic hydroxyl groups excluding tert-OH is 1. The highest BCUT2D eigenvalue weighted by Gasteiger charge is 2.33. The molecule has 0 heterocycles. The molecule has 0 fully saturated rings. The van der Waals surface area contributed by atoms with Crippen LogP contribution in [-0.4, -0.2) is 28.1 Å². The molecule has 1 unspecified atom stereocenters. The lowest BCUT2D eigenvalue weighted by atomic mass is 10.8. The SMILES string of the molecule is O=[P+](OCCO)OP(=O)(O)O. The van der Waals surface area contributed by atoms with E-state index in [4.69, 9.17) is 14.9 Å². The molecule has 0 aliphatic carbocycles. The van der Waals surface area contributed by atoms with E-state index in [1.54, 1.807) is 0 Å². The maximum absolute atomic E-state index is 10.3. The van der Waals surface area contributed by atoms with Crippen molar-refractivity contribution in [2.75, 3.05) is 13.2 Å². The lowest BCUT2D eigenvalue weighted by Crippen LogP contribution is -1.92. The Morgan fingerprint density at radius 1 is 1.45 bits per heavy atom. The summed E-state index contributed by atoms with van der Waals surface area (Å²) in [6.45, 7) is -0.694. The van der Waals surface area contributed by atoms with E-state index in [9.17, 15) is 9.13 Å². The zero-order valence-electron chi connectivity index (χ0n) is 5.28. The Hall–Kier alpha value is 0.130. The molecule has 0 aliphatic rings. The zero-order valence-corrected chi connectivity index (χ0v) is 7.07. The fourth-order valence-electron chi connectivity index (χ4n) is 0.226. The average Bonchev–Trinajstić information content (AvgIpc) is 1.79. The zero-order chi connectivity index (χ0) is 8.91. The lowest BCUT2D eigenvalue weighted by Gasteiger charge is -1.90. The highest BCUT2D eigenvalue weighted by Crippen LogP contribution is 2.47. The molecular weight excluding hydrogens is 198 g/mol. The second-order valence-corrected chi connectivity index (χ2v) is 3.69. The molecule has 1 atom stereocenters. The van der Waals surface area contributed by atoms with Gasteiger partial charge in [-0.25, -0.2) is 4.57 Å². The molecule has 0 radical (unpaired) electrons. The van der Waals surface area contributed by atoms with Crippen molar-refractivity contribution in [2.45, 2.75) is 0 Å². The molecule has 7 nitrogen and oxygen atoms in total. The first-order chi connectivity index (χ1) is 4.95. The Kier molecular flexibility index (Phi) is 4.96. The molecule has 3 N–H and O–H groups in total. The van der Waals surface area contributed by atoms with Crippen LogP contribution in [0.4, 0.5) is 0 Å². The van der Waals surface area contributed by atoms with E-state index in [-0.39, 0.29) is 6.61 Å². The summed E-state index contributed by atoms with van der Waals surface area (Å²) in [7, 11) is -7.60. The fourth-order valence-corrected chi connectivity index (χ4v) is 1.34. The minimum atomic E-state index is -4.75. The molecule has 0 spiro atoms. The van der Waals surface area contributed by atoms with Gasteiger partial charge in [0.1, 0.15) is 6.61 Å². The fraction of sp³-hybridized carbons (Fsp3) is 1.00. The summed E-state index contributed by atoms with van der Waals surface area (Å²) in [5, 5.41) is 8.11. The second-order valence-electron chi connectivity index (χ2n) is 1.35. The lowest BCUT2D eigenvalue weighted by molar-refractivity contribution is 0.186. The van der Waals surface area contributed by atoms with Crippen molar-refractivity contribution in [3.8, 4) is 0 Å². The van der Waals surface area contributed by atoms with Gasteiger partial charge in [-0.3, -0.25) is 0 Å². The number of phosphoric acid groups is 1. The van der Waals surface area contributed by atoms with Crippen molar-refractivity contribution in [1.82, 2.24) is 0 Å². The molecule has 0 aliphatic heterocycles. The third-order valence-electron chi connectivity index (χ3n) is 0.461. The third-order valence-corrected chi connectivity index (χ3v) is 2.24. The van der Waals surface area contributed by atoms with Gasteiger partial charge in [-0.15, -0.1) is 4.52 Å². The highest BCUT2D eigenvalue weighted by atomic mass is 31.2. The maximum atomic E-state index is 10.3. The molecule has 0 aromatic rings. The topological polar surface area (TPSA) is 113 Å². The third kappa shape index (κ3) is 8.03. The quantitative estimate of drug-likeness (QED) is 0.530. The van der Waals surface area contributed by atoms with Gasteiger partial charge in [-0.2, -0.15) is 0 Å². The van der Waals surface area contributed by atoms with Crippen LogP contribution in [-0.2, 0) is 18.0 Å². The van der Waals surface area contributed by atoms with Gasteiger partial charge in [0.25, 0.3) is 0 Å². The van der Waals surface area contributed by atoms with Crippen molar-refractivity contribution in [3.05, 3.63) is 0 Å². The second kappa shape index (κ2) is 4.90. The highest BCUT2D eigenvalue weighted by molar-refractivity contribution is 7.55. The summed E-state index contributed by atoms with van der Waals surface area (Å²) in [5.41, 5.74) is 0. The van der Waals surface area contributed by atoms with Crippen LogP contribution >= 0.6 is 16.1 Å². The minimum absolute atomic E-state index is 0.296. The predicted octanol–water partition coefficient (Wildman–Crippen LogP) is -0.238. The first-order valence-corrected chi connectivity index (χ1v) is 5.04. The number of rotatable bonds is 5. The number of aliphatic hydroxyl groups is 1. The van der Waals surface area contributed by atoms with Crippen LogP contribution < -0.4 is 0 Å². The van der Waals surface area contributed by atoms with E-state index < -0.39 is 22.7 Å². The molecule has 0 bridgehead atoms. The van der Waals surface area contributed by atoms with Crippen LogP contribution in [0.5, 0.6) is 0 Å². The van der Waals surface area contributed by atoms with Crippen LogP contribution in [0.3, 0.4) is 0 Å². The minimum Gasteiger partial charge on any atom is -0.394 e. The molecule has 0 saturated heterocycles. The van der Waals surface area contributed by atoms with Gasteiger partial charge < -0.3 is 14.9 Å². The molecule has 0 aromatic heterocycles. The van der Waals surface area contributed by atoms with E-state index in [1.807, 2.05) is 0 Å². The van der Waals surface area contributed by atoms with Gasteiger partial charge in [0.2, 0.25) is 0 Å². The van der Waals surface area contributed by atoms with Gasteiger partial charge in [0, 0.05) is 4.57 Å². The molecule has 0 aromatic carbocycles. The van der Waals surface area contributed by atoms with E-state index in [2.05, 4.69) is 8.83 Å². The number of hydrogen-bond acceptors (Lipinski definition) is 5. The van der Waals surface area contributed by atoms with Gasteiger partial charge in [0.05, 0.1) is 6.61 Å². The van der Waals surface area contributed by atoms with Gasteiger partial charge in [-0.05, 0) is 4.31 Å². The van der Waals surface area contributed by atoms with Crippen molar-refractivity contribution in [3.63, 3.8) is 0 Å². The molecule has 11 heavy (non-hydrogen) atoms. The normalized spacial score (nSPS) is 13.2. The Labute approximate surface area is 63.1 Å². The largest absolute Gasteiger partial charge is 0.708 e. The maximum Gasteiger partial charge on any atom is 0.708 e. The summed E-state index contributed by atoms with van der Waals surface area (Å²) in [6, 6.07) is 0. The molecule has 0 saturated carbocycles. The van der Waals surface area contributed by atoms with Gasteiger partial charge in [0.15, 0.2) is 0 Å². The van der Waals surface area contributed by atoms with E-state index in [0.29, 0.717) is 0 Å². The molecule has 9 heteroatoms. The first kappa shape index (κ1) is 11.1. The predicted molar refractivity (Wildman–Crippen MR) is 33.8 cm³/mol. The molecule has 0 rings (SSSR count). The Morgan fingerprint density at radius 2 is 2.00 bits per heavy atom. The summed E-state index contributed by atoms with van der Waals surface area (Å²) in [5.74, 6) is 0. The van der Waals surface area contributed by atoms with E-state index >= 15 is 0 Å². The molecular formula is C2H7O7P2+. The van der Waals surface area contributed by atoms with Crippen molar-refractivity contribution in [1.29, 1.82) is 0 Å². The van der Waals surface area contributed by atoms with E-state index in [1.165, 1.54) is 0 Å². The van der Waals surface area contributed by atoms with Crippen molar-refractivity contribution < 1.29 is 32.9 Å². The summed E-state index contributed by atoms with van der Waals surface area (Å²) < 4.78 is 28.0. The molecule has 66 valence electrons. The van der Waals surface area contributed by atoms with Gasteiger partial charge in [-0.1, -0.05) is 0 Å². The molecule has 0 amide bonds. The number of hydrogen-bond donors (Lipinski definition) is 3. The Bertz CT molecular complexity index is 171. The summed E-state index contributed by atoms with van der Waals surface area (Å²) in [6.07, 6.45) is 0. The Balaban J connectivity index is 3.62. The van der Waals surface area contributed by atoms with Crippen LogP contribution in [0.2, 0.25) is 0 Å². The Morgan fingerprint density at radius 3 is 2.36 bits per heavy atom. The average molecular weight is 205 g/mol. The van der Waals surface area contributed by atoms with Crippen LogP contribution in [0.15, 0.2) is 0 Å². The van der Waals surface area contributed by atoms with Gasteiger partial charge >= 0.3 is 16.1 Å². The van der Waals surface area contributed by atoms with E-state index in [0.717, 1.165) is 0 Å². The van der Waals surface area contributed by atoms with Crippen LogP contribution in [0.25, 0.3) is 0 Å². The summed E-state index contributed by atoms with van der Waals surface area (Å²) in [4.78, 5) is 16.1. The van der Waals surface area contributed by atoms with Crippen molar-refractivity contribution >= 4 is 16.1 Å². The summed E-state index contributed by atoms with van der Waals surface area (Å²) >= 11 is 0. The first-order valence-electron chi connectivity index (χ1n) is 2.42. The van der Waals surface area contributed by atoms with Crippen LogP contribution in [0.1, 0.15) is 0 Å². The monoisotopic (exact) mass is 205 g/mol. The standard InChI is InChI=1S/C2H6O7P2/c3-1-2-8-10(4)9-11(5,6)7/h3H,1-2H2,(H-,5,6,7)/p+1. The van der Waals surface area contributed by atoms with Crippen LogP contribution in [0, 0.1) is 0 Å². The van der Waals surface area contributed by atoms with Crippen molar-refractivity contribution in [2.24, 2.45) is 0 Å². The smallest absolute Gasteiger partial charge is 0.394 e.